The summed E-state index contributed by atoms with van der Waals surface area (Å²) < 4.78 is 0. The molecule has 126 valence electrons. The van der Waals surface area contributed by atoms with Crippen molar-refractivity contribution in [1.82, 2.24) is 19.8 Å². The summed E-state index contributed by atoms with van der Waals surface area (Å²) in [5.41, 5.74) is 6.55. The molecule has 7 nitrogen and oxygen atoms in total. The van der Waals surface area contributed by atoms with Crippen LogP contribution in [0.15, 0.2) is 12.3 Å². The summed E-state index contributed by atoms with van der Waals surface area (Å²) in [5.74, 6) is 0.491. The smallest absolute Gasteiger partial charge is 0.225 e. The van der Waals surface area contributed by atoms with Gasteiger partial charge in [-0.2, -0.15) is 0 Å². The monoisotopic (exact) mass is 318 g/mol. The number of anilines is 1. The van der Waals surface area contributed by atoms with Gasteiger partial charge in [0.05, 0.1) is 11.6 Å². The minimum absolute atomic E-state index is 0.123. The quantitative estimate of drug-likeness (QED) is 0.837. The third kappa shape index (κ3) is 4.17. The second-order valence-corrected chi connectivity index (χ2v) is 6.64. The lowest BCUT2D eigenvalue weighted by molar-refractivity contribution is -0.122. The number of primary amides is 1. The highest BCUT2D eigenvalue weighted by Gasteiger charge is 2.25. The zero-order valence-electron chi connectivity index (χ0n) is 13.8. The van der Waals surface area contributed by atoms with Gasteiger partial charge in [0.2, 0.25) is 11.9 Å². The van der Waals surface area contributed by atoms with E-state index >= 15 is 0 Å². The lowest BCUT2D eigenvalue weighted by Crippen LogP contribution is -2.37. The fourth-order valence-corrected chi connectivity index (χ4v) is 3.34. The minimum atomic E-state index is -0.218. The van der Waals surface area contributed by atoms with Crippen molar-refractivity contribution in [2.24, 2.45) is 11.7 Å². The average Bonchev–Trinajstić information content (AvgIpc) is 3.00. The lowest BCUT2D eigenvalue weighted by Gasteiger charge is -2.22. The highest BCUT2D eigenvalue weighted by Crippen LogP contribution is 2.17. The van der Waals surface area contributed by atoms with Crippen LogP contribution in [-0.4, -0.2) is 72.0 Å². The maximum Gasteiger partial charge on any atom is 0.225 e. The van der Waals surface area contributed by atoms with E-state index in [1.165, 1.54) is 12.8 Å². The SMILES string of the molecule is CN1CCN(Cc2ccnc(N3CCCC3)n2)C[C@@H](C(N)=O)C1. The number of hydrogen-bond donors (Lipinski definition) is 1. The van der Waals surface area contributed by atoms with E-state index in [4.69, 9.17) is 10.7 Å². The molecule has 2 fully saturated rings. The Hall–Kier alpha value is -1.73. The summed E-state index contributed by atoms with van der Waals surface area (Å²) in [6.45, 7) is 6.11. The Kier molecular flexibility index (Phi) is 5.07. The Labute approximate surface area is 137 Å². The summed E-state index contributed by atoms with van der Waals surface area (Å²) in [5, 5.41) is 0. The number of likely N-dealkylation sites (N-methyl/N-ethyl adjacent to an activating group) is 1. The van der Waals surface area contributed by atoms with Crippen molar-refractivity contribution in [1.29, 1.82) is 0 Å². The summed E-state index contributed by atoms with van der Waals surface area (Å²) >= 11 is 0. The average molecular weight is 318 g/mol. The van der Waals surface area contributed by atoms with Crippen molar-refractivity contribution in [3.8, 4) is 0 Å². The lowest BCUT2D eigenvalue weighted by atomic mass is 10.1. The Bertz CT molecular complexity index is 545. The summed E-state index contributed by atoms with van der Waals surface area (Å²) in [6.07, 6.45) is 4.27. The number of carbonyl (C=O) groups excluding carboxylic acids is 1. The van der Waals surface area contributed by atoms with Crippen LogP contribution >= 0.6 is 0 Å². The van der Waals surface area contributed by atoms with Crippen LogP contribution in [0.5, 0.6) is 0 Å². The highest BCUT2D eigenvalue weighted by atomic mass is 16.1. The van der Waals surface area contributed by atoms with Gasteiger partial charge in [0.15, 0.2) is 0 Å². The standard InChI is InChI=1S/C16H26N6O/c1-20-8-9-21(11-13(10-20)15(17)23)12-14-4-5-18-16(19-14)22-6-2-3-7-22/h4-5,13H,2-3,6-12H2,1H3,(H2,17,23)/t13-/m0/s1. The van der Waals surface area contributed by atoms with Gasteiger partial charge in [-0.1, -0.05) is 0 Å². The van der Waals surface area contributed by atoms with Crippen LogP contribution in [0.2, 0.25) is 0 Å². The molecule has 0 unspecified atom stereocenters. The van der Waals surface area contributed by atoms with Gasteiger partial charge in [-0.3, -0.25) is 9.69 Å². The largest absolute Gasteiger partial charge is 0.369 e. The van der Waals surface area contributed by atoms with E-state index in [1.807, 2.05) is 19.3 Å². The third-order valence-electron chi connectivity index (χ3n) is 4.69. The summed E-state index contributed by atoms with van der Waals surface area (Å²) in [4.78, 5) is 27.4. The Morgan fingerprint density at radius 3 is 2.78 bits per heavy atom. The van der Waals surface area contributed by atoms with E-state index in [2.05, 4.69) is 19.7 Å². The Balaban J connectivity index is 1.67. The van der Waals surface area contributed by atoms with Crippen molar-refractivity contribution in [2.75, 3.05) is 51.2 Å². The first-order chi connectivity index (χ1) is 11.1. The van der Waals surface area contributed by atoms with E-state index < -0.39 is 0 Å². The third-order valence-corrected chi connectivity index (χ3v) is 4.69. The van der Waals surface area contributed by atoms with Gasteiger partial charge in [0.25, 0.3) is 0 Å². The molecule has 0 spiro atoms. The molecule has 0 aromatic carbocycles. The molecule has 0 saturated carbocycles. The van der Waals surface area contributed by atoms with Crippen molar-refractivity contribution in [2.45, 2.75) is 19.4 Å². The number of nitrogens with zero attached hydrogens (tertiary/aromatic N) is 5. The number of nitrogens with two attached hydrogens (primary N) is 1. The van der Waals surface area contributed by atoms with Gasteiger partial charge >= 0.3 is 0 Å². The number of aromatic nitrogens is 2. The highest BCUT2D eigenvalue weighted by molar-refractivity contribution is 5.77. The zero-order valence-corrected chi connectivity index (χ0v) is 13.8. The molecular formula is C16H26N6O. The molecule has 23 heavy (non-hydrogen) atoms. The molecule has 0 aliphatic carbocycles. The van der Waals surface area contributed by atoms with Gasteiger partial charge in [0.1, 0.15) is 0 Å². The van der Waals surface area contributed by atoms with Crippen LogP contribution in [0, 0.1) is 5.92 Å². The number of amides is 1. The predicted octanol–water partition coefficient (Wildman–Crippen LogP) is -0.0743. The van der Waals surface area contributed by atoms with E-state index in [9.17, 15) is 4.79 Å². The molecule has 0 radical (unpaired) electrons. The van der Waals surface area contributed by atoms with Gasteiger partial charge < -0.3 is 15.5 Å². The van der Waals surface area contributed by atoms with Gasteiger partial charge in [-0.25, -0.2) is 9.97 Å². The fourth-order valence-electron chi connectivity index (χ4n) is 3.34. The Morgan fingerprint density at radius 2 is 2.04 bits per heavy atom. The van der Waals surface area contributed by atoms with Gasteiger partial charge in [0, 0.05) is 52.0 Å². The maximum atomic E-state index is 11.6. The molecule has 3 rings (SSSR count). The zero-order chi connectivity index (χ0) is 16.2. The van der Waals surface area contributed by atoms with Crippen LogP contribution < -0.4 is 10.6 Å². The van der Waals surface area contributed by atoms with Crippen LogP contribution in [0.25, 0.3) is 0 Å². The van der Waals surface area contributed by atoms with Crippen molar-refractivity contribution in [3.05, 3.63) is 18.0 Å². The molecule has 1 aromatic rings. The molecule has 2 aliphatic rings. The van der Waals surface area contributed by atoms with E-state index in [-0.39, 0.29) is 11.8 Å². The number of hydrogen-bond acceptors (Lipinski definition) is 6. The molecule has 7 heteroatoms. The first-order valence-corrected chi connectivity index (χ1v) is 8.39. The molecule has 1 atom stereocenters. The second-order valence-electron chi connectivity index (χ2n) is 6.64. The van der Waals surface area contributed by atoms with E-state index in [0.29, 0.717) is 6.54 Å². The molecule has 0 bridgehead atoms. The topological polar surface area (TPSA) is 78.6 Å². The van der Waals surface area contributed by atoms with E-state index in [0.717, 1.165) is 50.9 Å². The summed E-state index contributed by atoms with van der Waals surface area (Å²) in [7, 11) is 2.04. The second kappa shape index (κ2) is 7.23. The normalized spacial score (nSPS) is 23.9. The first kappa shape index (κ1) is 16.1. The van der Waals surface area contributed by atoms with Crippen LogP contribution in [0.4, 0.5) is 5.95 Å². The number of rotatable bonds is 4. The van der Waals surface area contributed by atoms with Crippen molar-refractivity contribution < 1.29 is 4.79 Å². The van der Waals surface area contributed by atoms with Gasteiger partial charge in [-0.15, -0.1) is 0 Å². The van der Waals surface area contributed by atoms with Crippen LogP contribution in [0.1, 0.15) is 18.5 Å². The number of carbonyl (C=O) groups is 1. The van der Waals surface area contributed by atoms with Crippen LogP contribution in [0.3, 0.4) is 0 Å². The molecular weight excluding hydrogens is 292 g/mol. The van der Waals surface area contributed by atoms with Gasteiger partial charge in [-0.05, 0) is 26.0 Å². The fraction of sp³-hybridized carbons (Fsp3) is 0.688. The van der Waals surface area contributed by atoms with E-state index in [1.54, 1.807) is 0 Å². The minimum Gasteiger partial charge on any atom is -0.369 e. The molecule has 2 saturated heterocycles. The predicted molar refractivity (Wildman–Crippen MR) is 88.9 cm³/mol. The molecule has 2 N–H and O–H groups in total. The molecule has 1 aromatic heterocycles. The maximum absolute atomic E-state index is 11.6. The molecule has 3 heterocycles. The van der Waals surface area contributed by atoms with Crippen molar-refractivity contribution in [3.63, 3.8) is 0 Å². The van der Waals surface area contributed by atoms with Crippen LogP contribution in [-0.2, 0) is 11.3 Å². The molecule has 1 amide bonds. The van der Waals surface area contributed by atoms with Crippen molar-refractivity contribution >= 4 is 11.9 Å². The Morgan fingerprint density at radius 1 is 1.26 bits per heavy atom. The molecule has 2 aliphatic heterocycles. The first-order valence-electron chi connectivity index (χ1n) is 8.39. The summed E-state index contributed by atoms with van der Waals surface area (Å²) in [6, 6.07) is 1.97.